The van der Waals surface area contributed by atoms with Crippen molar-refractivity contribution < 1.29 is 28.7 Å². The number of nitrogens with two attached hydrogens (primary N) is 1. The van der Waals surface area contributed by atoms with Crippen LogP contribution in [0.15, 0.2) is 24.4 Å². The number of nitrogens with one attached hydrogen (secondary N) is 4. The maximum Gasteiger partial charge on any atom is 0.322 e. The summed E-state index contributed by atoms with van der Waals surface area (Å²) in [5.74, 6) is 6.74. The largest absolute Gasteiger partial charge is 0.497 e. The summed E-state index contributed by atoms with van der Waals surface area (Å²) in [7, 11) is 1.61. The van der Waals surface area contributed by atoms with Crippen LogP contribution in [0.4, 0.5) is 21.4 Å². The molecule has 3 aliphatic rings. The molecule has 2 aromatic rings. The van der Waals surface area contributed by atoms with Gasteiger partial charge in [0.05, 0.1) is 24.9 Å². The van der Waals surface area contributed by atoms with Gasteiger partial charge < -0.3 is 30.9 Å². The van der Waals surface area contributed by atoms with Gasteiger partial charge in [-0.1, -0.05) is 17.9 Å². The molecule has 15 nitrogen and oxygen atoms in total. The number of rotatable bonds is 5. The van der Waals surface area contributed by atoms with Gasteiger partial charge in [-0.15, -0.1) is 0 Å². The average Bonchev–Trinajstić information content (AvgIpc) is 3.36. The minimum Gasteiger partial charge on any atom is -0.497 e. The third kappa shape index (κ3) is 7.14. The zero-order chi connectivity index (χ0) is 31.9. The van der Waals surface area contributed by atoms with Crippen molar-refractivity contribution in [1.29, 1.82) is 0 Å². The van der Waals surface area contributed by atoms with E-state index in [-0.39, 0.29) is 24.0 Å². The Labute approximate surface area is 254 Å². The third-order valence-corrected chi connectivity index (χ3v) is 7.48. The molecule has 232 valence electrons. The van der Waals surface area contributed by atoms with E-state index in [4.69, 9.17) is 10.5 Å². The van der Waals surface area contributed by atoms with Crippen LogP contribution in [0.25, 0.3) is 0 Å². The summed E-state index contributed by atoms with van der Waals surface area (Å²) >= 11 is 0. The first-order valence-electron chi connectivity index (χ1n) is 14.1. The number of imide groups is 2. The Morgan fingerprint density at radius 2 is 2.07 bits per heavy atom. The number of nitrogen functional groups attached to an aromatic ring is 1. The second kappa shape index (κ2) is 13.7. The molecule has 0 radical (unpaired) electrons. The van der Waals surface area contributed by atoms with Gasteiger partial charge in [0.15, 0.2) is 0 Å². The van der Waals surface area contributed by atoms with E-state index >= 15 is 0 Å². The molecule has 0 saturated carbocycles. The van der Waals surface area contributed by atoms with Crippen molar-refractivity contribution >= 4 is 42.1 Å². The van der Waals surface area contributed by atoms with Crippen LogP contribution in [0.2, 0.25) is 0 Å². The van der Waals surface area contributed by atoms with Crippen molar-refractivity contribution in [2.75, 3.05) is 37.4 Å². The number of urea groups is 2. The Hall–Kier alpha value is -5.39. The zero-order valence-electron chi connectivity index (χ0n) is 24.7. The predicted octanol–water partition coefficient (Wildman–Crippen LogP) is 0.494. The number of aromatic nitrogens is 2. The first-order valence-corrected chi connectivity index (χ1v) is 14.1. The smallest absolute Gasteiger partial charge is 0.322 e. The van der Waals surface area contributed by atoms with E-state index < -0.39 is 23.6 Å². The summed E-state index contributed by atoms with van der Waals surface area (Å²) in [5.41, 5.74) is 7.40. The van der Waals surface area contributed by atoms with Crippen LogP contribution in [0.5, 0.6) is 5.75 Å². The second-order valence-corrected chi connectivity index (χ2v) is 10.4. The molecule has 15 heteroatoms. The number of carbonyl (C=O) groups excluding carboxylic acids is 5. The summed E-state index contributed by atoms with van der Waals surface area (Å²) in [6.45, 7) is 6.21. The van der Waals surface area contributed by atoms with Gasteiger partial charge in [-0.05, 0) is 50.8 Å². The summed E-state index contributed by atoms with van der Waals surface area (Å²) in [5, 5.41) is 9.45. The lowest BCUT2D eigenvalue weighted by Gasteiger charge is -2.24. The molecule has 1 aromatic carbocycles. The number of amides is 7. The monoisotopic (exact) mass is 605 g/mol. The lowest BCUT2D eigenvalue weighted by Crippen LogP contribution is -2.47. The van der Waals surface area contributed by atoms with Crippen molar-refractivity contribution in [2.45, 2.75) is 51.2 Å². The molecule has 7 amide bonds. The molecule has 2 saturated heterocycles. The van der Waals surface area contributed by atoms with Crippen LogP contribution >= 0.6 is 0 Å². The molecule has 2 atom stereocenters. The van der Waals surface area contributed by atoms with Gasteiger partial charge in [0.1, 0.15) is 17.1 Å². The van der Waals surface area contributed by atoms with E-state index in [1.807, 2.05) is 40.2 Å². The Bertz CT molecular complexity index is 1520. The lowest BCUT2D eigenvalue weighted by molar-refractivity contribution is -0.124. The number of hydrogen-bond donors (Lipinski definition) is 5. The molecular weight excluding hydrogens is 570 g/mol. The first-order chi connectivity index (χ1) is 21.1. The highest BCUT2D eigenvalue weighted by Gasteiger charge is 2.46. The molecule has 1 aromatic heterocycles. The standard InChI is InChI=1S/C18H22N8O4.C11H13NO2/c1-11(22-16(29)21-10-27)3-4-12-9-20-15(23-13(12)19)26-7-2-5-18(6-8-26)14(28)24-17(30)25-18;1-3-12-7-8-4-5-9(14-2)6-10(8)11(12)13/h9-11H,2,5-8H2,1H3,(H2,19,20,23)(H2,21,22,27,29)(H2,24,25,28,30);4-6H,3,7H2,1-2H3. The van der Waals surface area contributed by atoms with E-state index in [1.165, 1.54) is 6.20 Å². The van der Waals surface area contributed by atoms with E-state index in [9.17, 15) is 24.0 Å². The number of anilines is 2. The first kappa shape index (κ1) is 31.5. The third-order valence-electron chi connectivity index (χ3n) is 7.48. The van der Waals surface area contributed by atoms with Gasteiger partial charge in [-0.3, -0.25) is 25.0 Å². The molecule has 1 spiro atoms. The van der Waals surface area contributed by atoms with Crippen molar-refractivity contribution in [3.05, 3.63) is 41.1 Å². The Kier molecular flexibility index (Phi) is 9.84. The number of methoxy groups -OCH3 is 1. The maximum absolute atomic E-state index is 12.2. The highest BCUT2D eigenvalue weighted by Crippen LogP contribution is 2.28. The van der Waals surface area contributed by atoms with Gasteiger partial charge in [-0.2, -0.15) is 4.98 Å². The van der Waals surface area contributed by atoms with E-state index in [1.54, 1.807) is 14.0 Å². The number of benzene rings is 1. The molecule has 5 rings (SSSR count). The van der Waals surface area contributed by atoms with Crippen molar-refractivity contribution in [3.63, 3.8) is 0 Å². The molecule has 2 unspecified atom stereocenters. The molecule has 0 aliphatic carbocycles. The Morgan fingerprint density at radius 3 is 2.73 bits per heavy atom. The van der Waals surface area contributed by atoms with E-state index in [0.717, 1.165) is 30.0 Å². The van der Waals surface area contributed by atoms with Crippen LogP contribution in [-0.2, 0) is 16.1 Å². The molecule has 0 bridgehead atoms. The van der Waals surface area contributed by atoms with Gasteiger partial charge in [0.2, 0.25) is 12.4 Å². The highest BCUT2D eigenvalue weighted by molar-refractivity contribution is 6.07. The average molecular weight is 606 g/mol. The van der Waals surface area contributed by atoms with Gasteiger partial charge in [0, 0.05) is 31.7 Å². The topological polar surface area (TPSA) is 201 Å². The Morgan fingerprint density at radius 1 is 1.27 bits per heavy atom. The van der Waals surface area contributed by atoms with Gasteiger partial charge >= 0.3 is 12.1 Å². The summed E-state index contributed by atoms with van der Waals surface area (Å²) in [4.78, 5) is 69.3. The van der Waals surface area contributed by atoms with Crippen molar-refractivity contribution in [2.24, 2.45) is 0 Å². The zero-order valence-corrected chi connectivity index (χ0v) is 24.7. The summed E-state index contributed by atoms with van der Waals surface area (Å²) < 4.78 is 5.09. The SMILES string of the molecule is CC(C#Cc1cnc(N2CCCC3(CC2)NC(=O)NC3=O)nc1N)NC(=O)NC=O.CCN1Cc2ccc(OC)cc2C1=O. The van der Waals surface area contributed by atoms with Gasteiger partial charge in [-0.25, -0.2) is 14.6 Å². The molecule has 44 heavy (non-hydrogen) atoms. The number of nitrogens with zero attached hydrogens (tertiary/aromatic N) is 4. The van der Waals surface area contributed by atoms with Crippen molar-refractivity contribution in [3.8, 4) is 17.6 Å². The summed E-state index contributed by atoms with van der Waals surface area (Å²) in [6, 6.07) is 4.01. The van der Waals surface area contributed by atoms with Gasteiger partial charge in [0.25, 0.3) is 11.8 Å². The Balaban J connectivity index is 0.000000262. The number of fused-ring (bicyclic) bond motifs is 1. The lowest BCUT2D eigenvalue weighted by atomic mass is 9.91. The minimum atomic E-state index is -0.887. The fraction of sp³-hybridized carbons (Fsp3) is 0.414. The van der Waals surface area contributed by atoms with Crippen molar-refractivity contribution in [1.82, 2.24) is 36.1 Å². The fourth-order valence-corrected chi connectivity index (χ4v) is 5.08. The number of hydrogen-bond acceptors (Lipinski definition) is 10. The molecule has 3 aliphatic heterocycles. The van der Waals surface area contributed by atoms with E-state index in [2.05, 4.69) is 37.8 Å². The normalized spacial score (nSPS) is 19.3. The number of carbonyl (C=O) groups is 5. The summed E-state index contributed by atoms with van der Waals surface area (Å²) in [6.07, 6.45) is 3.40. The van der Waals surface area contributed by atoms with E-state index in [0.29, 0.717) is 43.9 Å². The number of ether oxygens (including phenoxy) is 1. The fourth-order valence-electron chi connectivity index (χ4n) is 5.08. The minimum absolute atomic E-state index is 0.112. The highest BCUT2D eigenvalue weighted by atomic mass is 16.5. The van der Waals surface area contributed by atoms with Crippen LogP contribution in [0, 0.1) is 11.8 Å². The van der Waals surface area contributed by atoms with Crippen LogP contribution < -0.4 is 36.6 Å². The van der Waals surface area contributed by atoms with Crippen LogP contribution in [-0.4, -0.2) is 83.5 Å². The molecular formula is C29H35N9O6. The van der Waals surface area contributed by atoms with Crippen LogP contribution in [0.1, 0.15) is 54.6 Å². The maximum atomic E-state index is 12.2. The molecule has 2 fully saturated rings. The molecule has 4 heterocycles. The quantitative estimate of drug-likeness (QED) is 0.181. The second-order valence-electron chi connectivity index (χ2n) is 10.4. The molecule has 6 N–H and O–H groups in total. The predicted molar refractivity (Wildman–Crippen MR) is 159 cm³/mol. The van der Waals surface area contributed by atoms with Crippen LogP contribution in [0.3, 0.4) is 0 Å².